The van der Waals surface area contributed by atoms with Crippen LogP contribution in [0, 0.1) is 0 Å². The van der Waals surface area contributed by atoms with Crippen molar-refractivity contribution >= 4 is 34.0 Å². The van der Waals surface area contributed by atoms with Crippen LogP contribution in [0.1, 0.15) is 28.4 Å². The number of hydrazone groups is 1. The number of amides is 2. The molecule has 1 atom stereocenters. The van der Waals surface area contributed by atoms with Crippen molar-refractivity contribution in [1.29, 1.82) is 0 Å². The Bertz CT molecular complexity index is 1120. The van der Waals surface area contributed by atoms with Gasteiger partial charge in [-0.1, -0.05) is 24.3 Å². The first-order valence-electron chi connectivity index (χ1n) is 10.2. The van der Waals surface area contributed by atoms with Crippen LogP contribution in [0.25, 0.3) is 0 Å². The van der Waals surface area contributed by atoms with Crippen LogP contribution in [-0.2, 0) is 11.4 Å². The van der Waals surface area contributed by atoms with E-state index in [1.807, 2.05) is 54.6 Å². The highest BCUT2D eigenvalue weighted by Gasteiger charge is 2.17. The first-order valence-corrected chi connectivity index (χ1v) is 11.0. The first kappa shape index (κ1) is 24.0. The van der Waals surface area contributed by atoms with Crippen LogP contribution in [0.2, 0.25) is 0 Å². The molecule has 0 aromatic heterocycles. The second kappa shape index (κ2) is 11.8. The molecule has 0 aliphatic heterocycles. The van der Waals surface area contributed by atoms with Gasteiger partial charge in [0.15, 0.2) is 0 Å². The largest absolute Gasteiger partial charge is 0.497 e. The molecule has 170 valence electrons. The van der Waals surface area contributed by atoms with Gasteiger partial charge in [0.2, 0.25) is 0 Å². The smallest absolute Gasteiger partial charge is 0.262 e. The number of nitrogens with one attached hydrogen (secondary N) is 2. The molecule has 7 nitrogen and oxygen atoms in total. The summed E-state index contributed by atoms with van der Waals surface area (Å²) >= 11 is 3.33. The van der Waals surface area contributed by atoms with Gasteiger partial charge in [0.1, 0.15) is 24.1 Å². The fraction of sp³-hybridized carbons (Fsp3) is 0.160. The molecule has 0 fully saturated rings. The molecule has 0 saturated carbocycles. The van der Waals surface area contributed by atoms with Gasteiger partial charge in [0, 0.05) is 4.47 Å². The number of halogens is 1. The Morgan fingerprint density at radius 1 is 1.00 bits per heavy atom. The van der Waals surface area contributed by atoms with Crippen molar-refractivity contribution in [2.75, 3.05) is 7.11 Å². The lowest BCUT2D eigenvalue weighted by molar-refractivity contribution is -0.122. The number of carbonyl (C=O) groups is 2. The summed E-state index contributed by atoms with van der Waals surface area (Å²) in [5.74, 6) is 0.747. The Morgan fingerprint density at radius 2 is 1.67 bits per heavy atom. The van der Waals surface area contributed by atoms with Crippen molar-refractivity contribution in [2.45, 2.75) is 19.6 Å². The fourth-order valence-corrected chi connectivity index (χ4v) is 3.26. The normalized spacial score (nSPS) is 11.6. The number of hydrogen-bond donors (Lipinski definition) is 2. The Morgan fingerprint density at radius 3 is 2.33 bits per heavy atom. The second-order valence-corrected chi connectivity index (χ2v) is 7.97. The minimum Gasteiger partial charge on any atom is -0.497 e. The highest BCUT2D eigenvalue weighted by Crippen LogP contribution is 2.17. The lowest BCUT2D eigenvalue weighted by Crippen LogP contribution is -2.43. The quantitative estimate of drug-likeness (QED) is 0.332. The summed E-state index contributed by atoms with van der Waals surface area (Å²) in [5, 5.41) is 6.61. The summed E-state index contributed by atoms with van der Waals surface area (Å²) in [6, 6.07) is 21.2. The van der Waals surface area contributed by atoms with Crippen LogP contribution in [0.4, 0.5) is 0 Å². The van der Waals surface area contributed by atoms with Crippen LogP contribution >= 0.6 is 15.9 Å². The summed E-state index contributed by atoms with van der Waals surface area (Å²) < 4.78 is 11.6. The molecule has 0 aliphatic carbocycles. The molecular formula is C25H24BrN3O4. The van der Waals surface area contributed by atoms with Crippen molar-refractivity contribution in [2.24, 2.45) is 5.10 Å². The van der Waals surface area contributed by atoms with Gasteiger partial charge in [-0.3, -0.25) is 9.59 Å². The third-order valence-electron chi connectivity index (χ3n) is 4.69. The molecule has 0 aliphatic rings. The minimum absolute atomic E-state index is 0.348. The number of hydrogen-bond acceptors (Lipinski definition) is 5. The second-order valence-electron chi connectivity index (χ2n) is 7.12. The predicted molar refractivity (Wildman–Crippen MR) is 131 cm³/mol. The van der Waals surface area contributed by atoms with E-state index in [9.17, 15) is 9.59 Å². The van der Waals surface area contributed by atoms with Gasteiger partial charge in [0.05, 0.1) is 18.9 Å². The zero-order chi connectivity index (χ0) is 23.6. The molecule has 33 heavy (non-hydrogen) atoms. The summed E-state index contributed by atoms with van der Waals surface area (Å²) in [6.07, 6.45) is 1.52. The number of ether oxygens (including phenoxy) is 2. The Kier molecular flexibility index (Phi) is 8.60. The SMILES string of the molecule is COc1ccc(COc2ccc(C=NNC(=O)C(C)NC(=O)c3ccccc3Br)cc2)cc1. The molecule has 2 amide bonds. The third kappa shape index (κ3) is 7.18. The van der Waals surface area contributed by atoms with Crippen LogP contribution in [0.3, 0.4) is 0 Å². The van der Waals surface area contributed by atoms with E-state index in [0.717, 1.165) is 22.6 Å². The predicted octanol–water partition coefficient (Wildman–Crippen LogP) is 4.31. The number of rotatable bonds is 9. The molecule has 1 unspecified atom stereocenters. The lowest BCUT2D eigenvalue weighted by Gasteiger charge is -2.12. The van der Waals surface area contributed by atoms with Gasteiger partial charge in [0.25, 0.3) is 11.8 Å². The van der Waals surface area contributed by atoms with Crippen molar-refractivity contribution in [3.05, 3.63) is 94.0 Å². The maximum absolute atomic E-state index is 12.3. The van der Waals surface area contributed by atoms with Gasteiger partial charge in [-0.05, 0) is 82.5 Å². The number of carbonyl (C=O) groups excluding carboxylic acids is 2. The van der Waals surface area contributed by atoms with E-state index in [2.05, 4.69) is 31.8 Å². The fourth-order valence-electron chi connectivity index (χ4n) is 2.79. The zero-order valence-electron chi connectivity index (χ0n) is 18.2. The van der Waals surface area contributed by atoms with Crippen molar-refractivity contribution in [1.82, 2.24) is 10.7 Å². The number of methoxy groups -OCH3 is 1. The van der Waals surface area contributed by atoms with Gasteiger partial charge < -0.3 is 14.8 Å². The molecule has 0 spiro atoms. The van der Waals surface area contributed by atoms with Gasteiger partial charge in [-0.2, -0.15) is 5.10 Å². The highest BCUT2D eigenvalue weighted by atomic mass is 79.9. The van der Waals surface area contributed by atoms with Crippen molar-refractivity contribution < 1.29 is 19.1 Å². The zero-order valence-corrected chi connectivity index (χ0v) is 19.8. The van der Waals surface area contributed by atoms with E-state index >= 15 is 0 Å². The molecule has 0 radical (unpaired) electrons. The first-order chi connectivity index (χ1) is 16.0. The summed E-state index contributed by atoms with van der Waals surface area (Å²) in [6.45, 7) is 2.03. The van der Waals surface area contributed by atoms with Crippen LogP contribution in [0.15, 0.2) is 82.4 Å². The molecule has 2 N–H and O–H groups in total. The van der Waals surface area contributed by atoms with E-state index in [-0.39, 0.29) is 5.91 Å². The Balaban J connectivity index is 1.45. The molecule has 3 aromatic rings. The van der Waals surface area contributed by atoms with Crippen molar-refractivity contribution in [3.8, 4) is 11.5 Å². The molecular weight excluding hydrogens is 486 g/mol. The monoisotopic (exact) mass is 509 g/mol. The van der Waals surface area contributed by atoms with Crippen LogP contribution in [0.5, 0.6) is 11.5 Å². The Labute approximate surface area is 200 Å². The number of nitrogens with zero attached hydrogens (tertiary/aromatic N) is 1. The van der Waals surface area contributed by atoms with E-state index in [1.54, 1.807) is 32.2 Å². The standard InChI is InChI=1S/C25H24BrN3O4/c1-17(28-25(31)22-5-3-4-6-23(22)26)24(30)29-27-15-18-7-13-21(14-8-18)33-16-19-9-11-20(32-2)12-10-19/h3-15,17H,16H2,1-2H3,(H,28,31)(H,29,30). The lowest BCUT2D eigenvalue weighted by atomic mass is 10.2. The molecule has 3 rings (SSSR count). The average molecular weight is 510 g/mol. The summed E-state index contributed by atoms with van der Waals surface area (Å²) in [7, 11) is 1.63. The van der Waals surface area contributed by atoms with E-state index in [4.69, 9.17) is 9.47 Å². The van der Waals surface area contributed by atoms with E-state index in [1.165, 1.54) is 6.21 Å². The van der Waals surface area contributed by atoms with Crippen LogP contribution in [-0.4, -0.2) is 31.2 Å². The Hall–Kier alpha value is -3.65. The van der Waals surface area contributed by atoms with Crippen molar-refractivity contribution in [3.63, 3.8) is 0 Å². The minimum atomic E-state index is -0.754. The molecule has 0 heterocycles. The molecule has 0 bridgehead atoms. The maximum Gasteiger partial charge on any atom is 0.262 e. The topological polar surface area (TPSA) is 89.0 Å². The molecule has 8 heteroatoms. The van der Waals surface area contributed by atoms with Gasteiger partial charge in [-0.15, -0.1) is 0 Å². The van der Waals surface area contributed by atoms with Crippen LogP contribution < -0.4 is 20.2 Å². The van der Waals surface area contributed by atoms with Gasteiger partial charge in [-0.25, -0.2) is 5.43 Å². The van der Waals surface area contributed by atoms with E-state index in [0.29, 0.717) is 16.6 Å². The maximum atomic E-state index is 12.3. The third-order valence-corrected chi connectivity index (χ3v) is 5.38. The highest BCUT2D eigenvalue weighted by molar-refractivity contribution is 9.10. The summed E-state index contributed by atoms with van der Waals surface area (Å²) in [5.41, 5.74) is 4.71. The number of benzene rings is 3. The van der Waals surface area contributed by atoms with Gasteiger partial charge >= 0.3 is 0 Å². The van der Waals surface area contributed by atoms with E-state index < -0.39 is 11.9 Å². The summed E-state index contributed by atoms with van der Waals surface area (Å²) in [4.78, 5) is 24.5. The molecule has 0 saturated heterocycles. The molecule has 3 aromatic carbocycles. The average Bonchev–Trinajstić information content (AvgIpc) is 2.84.